The van der Waals surface area contributed by atoms with Gasteiger partial charge in [0.1, 0.15) is 18.7 Å². The number of aliphatic carboxylic acids is 1. The number of rotatable bonds is 11. The Morgan fingerprint density at radius 2 is 1.46 bits per heavy atom. The van der Waals surface area contributed by atoms with Crippen molar-refractivity contribution in [3.63, 3.8) is 0 Å². The number of halogens is 3. The molecule has 0 radical (unpaired) electrons. The first-order valence-corrected chi connectivity index (χ1v) is 13.0. The Morgan fingerprint density at radius 1 is 0.902 bits per heavy atom. The number of amides is 2. The summed E-state index contributed by atoms with van der Waals surface area (Å²) in [5.41, 5.74) is 4.61. The molecule has 41 heavy (non-hydrogen) atoms. The van der Waals surface area contributed by atoms with E-state index in [0.29, 0.717) is 6.54 Å². The van der Waals surface area contributed by atoms with E-state index in [4.69, 9.17) is 4.74 Å². The van der Waals surface area contributed by atoms with E-state index in [1.807, 2.05) is 78.9 Å². The number of carbonyl (C=O) groups excluding carboxylic acids is 2. The first kappa shape index (κ1) is 29.6. The lowest BCUT2D eigenvalue weighted by molar-refractivity contribution is -0.161. The summed E-state index contributed by atoms with van der Waals surface area (Å²) in [4.78, 5) is 38.3. The van der Waals surface area contributed by atoms with Crippen molar-refractivity contribution < 1.29 is 37.4 Å². The van der Waals surface area contributed by atoms with Crippen LogP contribution >= 0.6 is 0 Å². The summed E-state index contributed by atoms with van der Waals surface area (Å²) in [6.07, 6.45) is -7.52. The molecule has 0 heterocycles. The number of alkyl carbamates (subject to hydrolysis) is 1. The van der Waals surface area contributed by atoms with Gasteiger partial charge in [0.2, 0.25) is 5.91 Å². The van der Waals surface area contributed by atoms with Gasteiger partial charge in [-0.2, -0.15) is 13.2 Å². The van der Waals surface area contributed by atoms with Crippen molar-refractivity contribution in [1.82, 2.24) is 15.5 Å². The summed E-state index contributed by atoms with van der Waals surface area (Å²) in [6, 6.07) is 20.1. The molecule has 0 spiro atoms. The summed E-state index contributed by atoms with van der Waals surface area (Å²) in [6.45, 7) is 0.0208. The number of carboxylic acids is 1. The number of hydrogen-bond acceptors (Lipinski definition) is 5. The van der Waals surface area contributed by atoms with Gasteiger partial charge >= 0.3 is 18.2 Å². The minimum absolute atomic E-state index is 0.146. The number of ether oxygens (including phenoxy) is 1. The molecular weight excluding hydrogens is 539 g/mol. The van der Waals surface area contributed by atoms with Crippen LogP contribution in [-0.2, 0) is 20.9 Å². The maximum Gasteiger partial charge on any atom is 0.409 e. The second-order valence-electron chi connectivity index (χ2n) is 9.91. The molecule has 8 nitrogen and oxygen atoms in total. The van der Waals surface area contributed by atoms with Gasteiger partial charge in [-0.15, -0.1) is 0 Å². The Kier molecular flexibility index (Phi) is 9.28. The molecule has 11 heteroatoms. The highest BCUT2D eigenvalue weighted by molar-refractivity contribution is 5.84. The summed E-state index contributed by atoms with van der Waals surface area (Å²) in [5.74, 6) is -2.93. The smallest absolute Gasteiger partial charge is 0.409 e. The van der Waals surface area contributed by atoms with Crippen molar-refractivity contribution >= 4 is 18.0 Å². The number of alkyl halides is 3. The van der Waals surface area contributed by atoms with E-state index < -0.39 is 42.7 Å². The van der Waals surface area contributed by atoms with Crippen LogP contribution in [0, 0.1) is 0 Å². The highest BCUT2D eigenvalue weighted by Gasteiger charge is 2.43. The Labute approximate surface area is 235 Å². The van der Waals surface area contributed by atoms with Gasteiger partial charge in [-0.3, -0.25) is 9.69 Å². The van der Waals surface area contributed by atoms with Crippen LogP contribution in [0.25, 0.3) is 11.1 Å². The monoisotopic (exact) mass is 569 g/mol. The number of likely N-dealkylation sites (N-methyl/N-ethyl adjacent to an activating group) is 1. The molecule has 2 unspecified atom stereocenters. The van der Waals surface area contributed by atoms with E-state index >= 15 is 0 Å². The Morgan fingerprint density at radius 3 is 2.02 bits per heavy atom. The van der Waals surface area contributed by atoms with Crippen molar-refractivity contribution in [3.05, 3.63) is 95.6 Å². The van der Waals surface area contributed by atoms with Crippen LogP contribution in [-0.4, -0.2) is 66.4 Å². The molecule has 3 N–H and O–H groups in total. The van der Waals surface area contributed by atoms with Crippen molar-refractivity contribution in [3.8, 4) is 11.1 Å². The van der Waals surface area contributed by atoms with E-state index in [0.717, 1.165) is 27.8 Å². The van der Waals surface area contributed by atoms with Gasteiger partial charge < -0.3 is 20.5 Å². The molecule has 2 atom stereocenters. The average Bonchev–Trinajstić information content (AvgIpc) is 3.25. The van der Waals surface area contributed by atoms with Crippen LogP contribution in [0.2, 0.25) is 0 Å². The van der Waals surface area contributed by atoms with Gasteiger partial charge in [0.05, 0.1) is 6.42 Å². The summed E-state index contributed by atoms with van der Waals surface area (Å²) in [5, 5.41) is 13.4. The fourth-order valence-electron chi connectivity index (χ4n) is 4.93. The Hall–Kier alpha value is -4.38. The molecule has 4 rings (SSSR count). The molecule has 0 saturated carbocycles. The van der Waals surface area contributed by atoms with Crippen LogP contribution < -0.4 is 10.6 Å². The molecule has 0 saturated heterocycles. The number of fused-ring (bicyclic) bond motifs is 3. The van der Waals surface area contributed by atoms with Gasteiger partial charge in [-0.25, -0.2) is 9.59 Å². The van der Waals surface area contributed by atoms with Gasteiger partial charge in [0, 0.05) is 19.0 Å². The predicted octanol–water partition coefficient (Wildman–Crippen LogP) is 4.55. The number of nitrogens with one attached hydrogen (secondary N) is 2. The Balaban J connectivity index is 1.34. The summed E-state index contributed by atoms with van der Waals surface area (Å²) >= 11 is 0. The normalized spacial score (nSPS) is 14.1. The van der Waals surface area contributed by atoms with E-state index in [2.05, 4.69) is 5.32 Å². The lowest BCUT2D eigenvalue weighted by Crippen LogP contribution is -2.52. The number of carboxylic acid groups (broad SMARTS) is 1. The molecule has 3 aromatic rings. The van der Waals surface area contributed by atoms with Crippen molar-refractivity contribution in [2.75, 3.05) is 20.2 Å². The minimum atomic E-state index is -4.98. The van der Waals surface area contributed by atoms with Gasteiger partial charge in [0.25, 0.3) is 0 Å². The van der Waals surface area contributed by atoms with Crippen LogP contribution in [0.5, 0.6) is 0 Å². The average molecular weight is 570 g/mol. The lowest BCUT2D eigenvalue weighted by Gasteiger charge is -2.25. The second-order valence-corrected chi connectivity index (χ2v) is 9.91. The molecule has 0 aliphatic heterocycles. The molecule has 216 valence electrons. The molecule has 1 aliphatic rings. The first-order valence-electron chi connectivity index (χ1n) is 13.0. The molecule has 0 aromatic heterocycles. The number of benzene rings is 3. The molecule has 1 aliphatic carbocycles. The van der Waals surface area contributed by atoms with Crippen molar-refractivity contribution in [2.45, 2.75) is 37.1 Å². The minimum Gasteiger partial charge on any atom is -0.480 e. The third kappa shape index (κ3) is 7.63. The third-order valence-corrected chi connectivity index (χ3v) is 6.84. The van der Waals surface area contributed by atoms with Crippen LogP contribution in [0.3, 0.4) is 0 Å². The number of carbonyl (C=O) groups is 3. The molecular formula is C30H30F3N3O5. The quantitative estimate of drug-likeness (QED) is 0.313. The number of nitrogens with zero attached hydrogens (tertiary/aromatic N) is 1. The molecule has 3 aromatic carbocycles. The molecule has 0 fully saturated rings. The lowest BCUT2D eigenvalue weighted by atomic mass is 9.98. The molecule has 2 amide bonds. The standard InChI is InChI=1S/C30H30F3N3O5/c1-36(16-19-9-3-2-4-10-19)17-25(28(38)39)34-27(37)15-26(30(31,32)33)35-29(40)41-18-24-22-13-7-5-11-20(22)21-12-6-8-14-23(21)24/h2-14,24-26H,15-18H2,1H3,(H,34,37)(H,35,40)(H,38,39). The summed E-state index contributed by atoms with van der Waals surface area (Å²) in [7, 11) is 1.63. The fourth-order valence-corrected chi connectivity index (χ4v) is 4.93. The second kappa shape index (κ2) is 12.9. The van der Waals surface area contributed by atoms with Crippen LogP contribution in [0.15, 0.2) is 78.9 Å². The van der Waals surface area contributed by atoms with Crippen molar-refractivity contribution in [1.29, 1.82) is 0 Å². The third-order valence-electron chi connectivity index (χ3n) is 6.84. The highest BCUT2D eigenvalue weighted by atomic mass is 19.4. The predicted molar refractivity (Wildman–Crippen MR) is 145 cm³/mol. The largest absolute Gasteiger partial charge is 0.480 e. The number of hydrogen-bond donors (Lipinski definition) is 3. The highest BCUT2D eigenvalue weighted by Crippen LogP contribution is 2.44. The van der Waals surface area contributed by atoms with E-state index in [9.17, 15) is 32.7 Å². The first-order chi connectivity index (χ1) is 19.5. The van der Waals surface area contributed by atoms with Gasteiger partial charge in [-0.1, -0.05) is 78.9 Å². The van der Waals surface area contributed by atoms with Gasteiger partial charge in [0.15, 0.2) is 0 Å². The zero-order valence-corrected chi connectivity index (χ0v) is 22.2. The van der Waals surface area contributed by atoms with E-state index in [1.54, 1.807) is 17.3 Å². The van der Waals surface area contributed by atoms with Gasteiger partial charge in [-0.05, 0) is 34.9 Å². The van der Waals surface area contributed by atoms with E-state index in [-0.39, 0.29) is 19.1 Å². The zero-order chi connectivity index (χ0) is 29.6. The SMILES string of the molecule is CN(Cc1ccccc1)CC(NC(=O)CC(NC(=O)OCC1c2ccccc2-c2ccccc21)C(F)(F)F)C(=O)O. The zero-order valence-electron chi connectivity index (χ0n) is 22.2. The van der Waals surface area contributed by atoms with Crippen LogP contribution in [0.4, 0.5) is 18.0 Å². The van der Waals surface area contributed by atoms with Crippen LogP contribution in [0.1, 0.15) is 29.0 Å². The Bertz CT molecular complexity index is 1340. The maximum atomic E-state index is 13.7. The topological polar surface area (TPSA) is 108 Å². The fraction of sp³-hybridized carbons (Fsp3) is 0.300. The van der Waals surface area contributed by atoms with E-state index in [1.165, 1.54) is 0 Å². The summed E-state index contributed by atoms with van der Waals surface area (Å²) < 4.78 is 46.4. The molecule has 0 bridgehead atoms. The maximum absolute atomic E-state index is 13.7. The van der Waals surface area contributed by atoms with Crippen molar-refractivity contribution in [2.24, 2.45) is 0 Å².